The molecular weight excluding hydrogens is 176 g/mol. The molecule has 0 aliphatic heterocycles. The van der Waals surface area contributed by atoms with Crippen molar-refractivity contribution in [2.24, 2.45) is 33.0 Å². The summed E-state index contributed by atoms with van der Waals surface area (Å²) in [4.78, 5) is 4.10. The van der Waals surface area contributed by atoms with Crippen LogP contribution in [0.5, 0.6) is 0 Å². The van der Waals surface area contributed by atoms with Gasteiger partial charge in [0.05, 0.1) is 0 Å². The van der Waals surface area contributed by atoms with Crippen LogP contribution in [0.15, 0.2) is 4.99 Å². The molecule has 0 radical (unpaired) electrons. The van der Waals surface area contributed by atoms with Crippen molar-refractivity contribution in [3.8, 4) is 0 Å². The first-order valence-corrected chi connectivity index (χ1v) is 4.81. The minimum absolute atomic E-state index is 0.0233. The second-order valence-corrected chi connectivity index (χ2v) is 5.56. The van der Waals surface area contributed by atoms with Gasteiger partial charge in [0.2, 0.25) is 0 Å². The maximum absolute atomic E-state index is 6.13. The number of hydrogen-bond donors (Lipinski definition) is 3. The zero-order valence-electron chi connectivity index (χ0n) is 10.2. The quantitative estimate of drug-likeness (QED) is 0.459. The largest absolute Gasteiger partial charge is 0.370 e. The lowest BCUT2D eigenvalue weighted by Crippen LogP contribution is -2.56. The fraction of sp³-hybridized carbons (Fsp3) is 0.900. The van der Waals surface area contributed by atoms with E-state index in [1.165, 1.54) is 0 Å². The van der Waals surface area contributed by atoms with Gasteiger partial charge >= 0.3 is 0 Å². The molecule has 0 aromatic carbocycles. The predicted octanol–water partition coefficient (Wildman–Crippen LogP) is 1.01. The Hall–Kier alpha value is -0.770. The van der Waals surface area contributed by atoms with E-state index >= 15 is 0 Å². The number of nitrogens with zero attached hydrogens (tertiary/aromatic N) is 1. The number of guanidine groups is 1. The molecule has 0 aliphatic rings. The van der Waals surface area contributed by atoms with Crippen LogP contribution in [0.25, 0.3) is 0 Å². The number of rotatable bonds is 2. The Bertz CT molecular complexity index is 229. The summed E-state index contributed by atoms with van der Waals surface area (Å²) in [5.41, 5.74) is 15.9. The molecule has 0 aromatic rings. The average molecular weight is 200 g/mol. The fourth-order valence-electron chi connectivity index (χ4n) is 1.17. The summed E-state index contributed by atoms with van der Waals surface area (Å²) in [6.07, 6.45) is 0. The maximum Gasteiger partial charge on any atom is 0.187 e. The van der Waals surface area contributed by atoms with E-state index in [4.69, 9.17) is 17.2 Å². The smallest absolute Gasteiger partial charge is 0.187 e. The van der Waals surface area contributed by atoms with Crippen LogP contribution in [0, 0.1) is 10.8 Å². The van der Waals surface area contributed by atoms with Gasteiger partial charge in [-0.05, 0) is 12.3 Å². The highest BCUT2D eigenvalue weighted by atomic mass is 15.1. The molecule has 0 spiro atoms. The number of nitrogens with two attached hydrogens (primary N) is 3. The first-order chi connectivity index (χ1) is 5.92. The van der Waals surface area contributed by atoms with Crippen molar-refractivity contribution in [2.45, 2.75) is 47.2 Å². The van der Waals surface area contributed by atoms with E-state index in [1.807, 2.05) is 6.92 Å². The highest BCUT2D eigenvalue weighted by molar-refractivity contribution is 5.76. The van der Waals surface area contributed by atoms with Crippen LogP contribution in [-0.4, -0.2) is 11.6 Å². The maximum atomic E-state index is 6.13. The van der Waals surface area contributed by atoms with E-state index in [0.29, 0.717) is 0 Å². The summed E-state index contributed by atoms with van der Waals surface area (Å²) < 4.78 is 0. The van der Waals surface area contributed by atoms with Gasteiger partial charge in [0.15, 0.2) is 5.96 Å². The van der Waals surface area contributed by atoms with Crippen molar-refractivity contribution < 1.29 is 0 Å². The highest BCUT2D eigenvalue weighted by Gasteiger charge is 2.46. The van der Waals surface area contributed by atoms with Gasteiger partial charge in [-0.1, -0.05) is 34.6 Å². The minimum Gasteiger partial charge on any atom is -0.370 e. The lowest BCUT2D eigenvalue weighted by Gasteiger charge is -2.47. The van der Waals surface area contributed by atoms with Gasteiger partial charge in [-0.2, -0.15) is 0 Å². The SMILES string of the molecule is CC(C)(C)C(C)(C)C(C)(N)N=C(N)N. The molecule has 14 heavy (non-hydrogen) atoms. The molecule has 0 bridgehead atoms. The summed E-state index contributed by atoms with van der Waals surface area (Å²) in [7, 11) is 0. The first-order valence-electron chi connectivity index (χ1n) is 4.81. The minimum atomic E-state index is -0.760. The van der Waals surface area contributed by atoms with Gasteiger partial charge in [0, 0.05) is 5.41 Å². The molecule has 0 rings (SSSR count). The van der Waals surface area contributed by atoms with E-state index in [0.717, 1.165) is 0 Å². The van der Waals surface area contributed by atoms with Gasteiger partial charge in [0.25, 0.3) is 0 Å². The molecule has 4 nitrogen and oxygen atoms in total. The molecule has 0 aromatic heterocycles. The molecule has 0 aliphatic carbocycles. The molecule has 1 atom stereocenters. The molecule has 6 N–H and O–H groups in total. The van der Waals surface area contributed by atoms with Crippen LogP contribution < -0.4 is 17.2 Å². The van der Waals surface area contributed by atoms with Crippen LogP contribution in [0.4, 0.5) is 0 Å². The summed E-state index contributed by atoms with van der Waals surface area (Å²) in [5, 5.41) is 0. The van der Waals surface area contributed by atoms with Gasteiger partial charge in [-0.15, -0.1) is 0 Å². The third kappa shape index (κ3) is 2.38. The zero-order chi connectivity index (χ0) is 11.8. The van der Waals surface area contributed by atoms with Crippen molar-refractivity contribution in [1.82, 2.24) is 0 Å². The van der Waals surface area contributed by atoms with Gasteiger partial charge in [-0.3, -0.25) is 0 Å². The van der Waals surface area contributed by atoms with Gasteiger partial charge < -0.3 is 17.2 Å². The van der Waals surface area contributed by atoms with Crippen molar-refractivity contribution >= 4 is 5.96 Å². The van der Waals surface area contributed by atoms with E-state index in [2.05, 4.69) is 39.6 Å². The van der Waals surface area contributed by atoms with Crippen molar-refractivity contribution in [2.75, 3.05) is 0 Å². The van der Waals surface area contributed by atoms with Crippen LogP contribution in [0.2, 0.25) is 0 Å². The molecule has 0 saturated carbocycles. The Morgan fingerprint density at radius 2 is 1.29 bits per heavy atom. The molecule has 0 amide bonds. The molecule has 84 valence electrons. The third-order valence-electron chi connectivity index (χ3n) is 3.50. The van der Waals surface area contributed by atoms with Crippen LogP contribution in [0.3, 0.4) is 0 Å². The average Bonchev–Trinajstić information content (AvgIpc) is 1.80. The summed E-state index contributed by atoms with van der Waals surface area (Å²) in [6, 6.07) is 0. The standard InChI is InChI=1S/C10H24N4/c1-8(2,3)9(4,5)10(6,13)14-7(11)12/h13H2,1-6H3,(H4,11,12,14). The lowest BCUT2D eigenvalue weighted by molar-refractivity contribution is 0.0454. The molecule has 4 heteroatoms. The van der Waals surface area contributed by atoms with Crippen LogP contribution in [-0.2, 0) is 0 Å². The first kappa shape index (κ1) is 13.2. The zero-order valence-corrected chi connectivity index (χ0v) is 10.2. The monoisotopic (exact) mass is 200 g/mol. The normalized spacial score (nSPS) is 17.4. The second-order valence-electron chi connectivity index (χ2n) is 5.56. The van der Waals surface area contributed by atoms with Crippen LogP contribution in [0.1, 0.15) is 41.5 Å². The fourth-order valence-corrected chi connectivity index (χ4v) is 1.17. The molecule has 0 fully saturated rings. The van der Waals surface area contributed by atoms with Crippen molar-refractivity contribution in [3.05, 3.63) is 0 Å². The third-order valence-corrected chi connectivity index (χ3v) is 3.50. The molecule has 0 saturated heterocycles. The predicted molar refractivity (Wildman–Crippen MR) is 61.6 cm³/mol. The molecule has 0 heterocycles. The van der Waals surface area contributed by atoms with E-state index in [1.54, 1.807) is 0 Å². The summed E-state index contributed by atoms with van der Waals surface area (Å²) in [5.74, 6) is 0.0346. The Morgan fingerprint density at radius 3 is 1.50 bits per heavy atom. The molecule has 1 unspecified atom stereocenters. The Kier molecular flexibility index (Phi) is 3.23. The number of aliphatic imine (C=N–C) groups is 1. The summed E-state index contributed by atoms with van der Waals surface area (Å²) in [6.45, 7) is 12.4. The van der Waals surface area contributed by atoms with Crippen LogP contribution >= 0.6 is 0 Å². The molecular formula is C10H24N4. The van der Waals surface area contributed by atoms with E-state index in [-0.39, 0.29) is 16.8 Å². The second kappa shape index (κ2) is 3.42. The number of hydrogen-bond acceptors (Lipinski definition) is 2. The Balaban J connectivity index is 5.18. The van der Waals surface area contributed by atoms with Gasteiger partial charge in [-0.25, -0.2) is 4.99 Å². The van der Waals surface area contributed by atoms with E-state index in [9.17, 15) is 0 Å². The highest BCUT2D eigenvalue weighted by Crippen LogP contribution is 2.45. The Labute approximate surface area is 86.9 Å². The topological polar surface area (TPSA) is 90.4 Å². The lowest BCUT2D eigenvalue weighted by atomic mass is 9.62. The van der Waals surface area contributed by atoms with Crippen molar-refractivity contribution in [1.29, 1.82) is 0 Å². The summed E-state index contributed by atoms with van der Waals surface area (Å²) >= 11 is 0. The Morgan fingerprint density at radius 1 is 0.929 bits per heavy atom. The van der Waals surface area contributed by atoms with Gasteiger partial charge in [0.1, 0.15) is 5.66 Å². The van der Waals surface area contributed by atoms with E-state index < -0.39 is 5.66 Å². The van der Waals surface area contributed by atoms with Crippen molar-refractivity contribution in [3.63, 3.8) is 0 Å².